The number of aliphatic hydroxyl groups is 2. The average molecular weight is 274 g/mol. The van der Waals surface area contributed by atoms with Crippen molar-refractivity contribution >= 4 is 17.6 Å². The van der Waals surface area contributed by atoms with E-state index in [0.717, 1.165) is 0 Å². The van der Waals surface area contributed by atoms with E-state index in [1.165, 1.54) is 6.07 Å². The molecule has 0 heterocycles. The Hall–Kier alpha value is -1.14. The second kappa shape index (κ2) is 6.70. The van der Waals surface area contributed by atoms with Gasteiger partial charge in [0.1, 0.15) is 6.10 Å². The number of hydrogen-bond donors (Lipinski definition) is 4. The van der Waals surface area contributed by atoms with Crippen LogP contribution in [-0.2, 0) is 11.2 Å². The maximum atomic E-state index is 10.7. The van der Waals surface area contributed by atoms with E-state index >= 15 is 0 Å². The molecule has 1 aromatic rings. The summed E-state index contributed by atoms with van der Waals surface area (Å²) in [7, 11) is 1.64. The summed E-state index contributed by atoms with van der Waals surface area (Å²) in [6.07, 6.45) is -2.43. The van der Waals surface area contributed by atoms with Crippen LogP contribution in [0.3, 0.4) is 0 Å². The molecule has 0 aliphatic heterocycles. The number of carboxylic acids is 1. The molecule has 4 N–H and O–H groups in total. The average Bonchev–Trinajstić information content (AvgIpc) is 2.30. The van der Waals surface area contributed by atoms with Crippen LogP contribution < -0.4 is 5.32 Å². The normalized spacial score (nSPS) is 14.2. The Balaban J connectivity index is 3.03. The van der Waals surface area contributed by atoms with E-state index in [0.29, 0.717) is 16.1 Å². The molecule has 100 valence electrons. The van der Waals surface area contributed by atoms with Gasteiger partial charge in [0.25, 0.3) is 0 Å². The largest absolute Gasteiger partial charge is 0.481 e. The van der Waals surface area contributed by atoms with E-state index in [1.54, 1.807) is 19.2 Å². The van der Waals surface area contributed by atoms with Gasteiger partial charge in [-0.05, 0) is 30.3 Å². The number of aliphatic hydroxyl groups excluding tert-OH is 2. The van der Waals surface area contributed by atoms with Crippen LogP contribution in [0.2, 0.25) is 5.02 Å². The first-order valence-corrected chi connectivity index (χ1v) is 5.84. The summed E-state index contributed by atoms with van der Waals surface area (Å²) in [4.78, 5) is 10.7. The Morgan fingerprint density at radius 1 is 1.44 bits per heavy atom. The lowest BCUT2D eigenvalue weighted by Crippen LogP contribution is -2.30. The lowest BCUT2D eigenvalue weighted by molar-refractivity contribution is -0.136. The van der Waals surface area contributed by atoms with Gasteiger partial charge >= 0.3 is 5.97 Å². The smallest absolute Gasteiger partial charge is 0.307 e. The molecular weight excluding hydrogens is 258 g/mol. The zero-order valence-corrected chi connectivity index (χ0v) is 10.7. The highest BCUT2D eigenvalue weighted by Gasteiger charge is 2.21. The highest BCUT2D eigenvalue weighted by Crippen LogP contribution is 2.25. The molecule has 0 radical (unpaired) electrons. The lowest BCUT2D eigenvalue weighted by Gasteiger charge is -2.20. The minimum Gasteiger partial charge on any atom is -0.481 e. The molecule has 0 bridgehead atoms. The molecule has 1 rings (SSSR count). The summed E-state index contributed by atoms with van der Waals surface area (Å²) in [5.41, 5.74) is 0.780. The molecule has 18 heavy (non-hydrogen) atoms. The van der Waals surface area contributed by atoms with Gasteiger partial charge in [0.05, 0.1) is 12.5 Å². The number of halogens is 1. The number of carbonyl (C=O) groups is 1. The van der Waals surface area contributed by atoms with Crippen molar-refractivity contribution in [2.24, 2.45) is 0 Å². The summed E-state index contributed by atoms with van der Waals surface area (Å²) >= 11 is 5.82. The standard InChI is InChI=1S/C12H16ClNO4/c1-14-6-10(15)12(18)9-5-8(13)3-2-7(9)4-11(16)17/h2-3,5,10,12,14-15,18H,4,6H2,1H3,(H,16,17). The number of rotatable bonds is 6. The van der Waals surface area contributed by atoms with E-state index in [4.69, 9.17) is 16.7 Å². The van der Waals surface area contributed by atoms with Crippen LogP contribution in [0.25, 0.3) is 0 Å². The van der Waals surface area contributed by atoms with Crippen LogP contribution >= 0.6 is 11.6 Å². The second-order valence-electron chi connectivity index (χ2n) is 3.98. The molecular formula is C12H16ClNO4. The van der Waals surface area contributed by atoms with Crippen LogP contribution in [0.4, 0.5) is 0 Å². The fraction of sp³-hybridized carbons (Fsp3) is 0.417. The van der Waals surface area contributed by atoms with Crippen molar-refractivity contribution in [1.82, 2.24) is 5.32 Å². The maximum absolute atomic E-state index is 10.7. The van der Waals surface area contributed by atoms with Gasteiger partial charge in [-0.3, -0.25) is 4.79 Å². The SMILES string of the molecule is CNCC(O)C(O)c1cc(Cl)ccc1CC(=O)O. The van der Waals surface area contributed by atoms with Gasteiger partial charge in [0.15, 0.2) is 0 Å². The predicted molar refractivity (Wildman–Crippen MR) is 67.7 cm³/mol. The summed E-state index contributed by atoms with van der Waals surface area (Å²) in [6.45, 7) is 0.195. The Bertz CT molecular complexity index is 425. The van der Waals surface area contributed by atoms with Gasteiger partial charge in [0.2, 0.25) is 0 Å². The third-order valence-electron chi connectivity index (χ3n) is 2.55. The fourth-order valence-electron chi connectivity index (χ4n) is 1.69. The summed E-state index contributed by atoms with van der Waals surface area (Å²) in [5.74, 6) is -1.01. The Morgan fingerprint density at radius 3 is 2.67 bits per heavy atom. The molecule has 0 aromatic heterocycles. The van der Waals surface area contributed by atoms with Gasteiger partial charge in [-0.15, -0.1) is 0 Å². The third-order valence-corrected chi connectivity index (χ3v) is 2.78. The molecule has 0 fully saturated rings. The molecule has 1 aromatic carbocycles. The second-order valence-corrected chi connectivity index (χ2v) is 4.42. The number of hydrogen-bond acceptors (Lipinski definition) is 4. The highest BCUT2D eigenvalue weighted by atomic mass is 35.5. The number of benzene rings is 1. The number of aliphatic carboxylic acids is 1. The topological polar surface area (TPSA) is 89.8 Å². The van der Waals surface area contributed by atoms with Gasteiger partial charge < -0.3 is 20.6 Å². The van der Waals surface area contributed by atoms with Crippen LogP contribution in [0.15, 0.2) is 18.2 Å². The fourth-order valence-corrected chi connectivity index (χ4v) is 1.87. The molecule has 5 nitrogen and oxygen atoms in total. The minimum absolute atomic E-state index is 0.195. The summed E-state index contributed by atoms with van der Waals surface area (Å²) < 4.78 is 0. The molecule has 0 aliphatic rings. The number of likely N-dealkylation sites (N-methyl/N-ethyl adjacent to an activating group) is 1. The molecule has 0 spiro atoms. The van der Waals surface area contributed by atoms with Gasteiger partial charge in [-0.2, -0.15) is 0 Å². The first kappa shape index (κ1) is 14.9. The summed E-state index contributed by atoms with van der Waals surface area (Å²) in [5, 5.41) is 31.6. The quantitative estimate of drug-likeness (QED) is 0.609. The molecule has 0 saturated carbocycles. The molecule has 2 atom stereocenters. The molecule has 0 amide bonds. The van der Waals surface area contributed by atoms with Crippen molar-refractivity contribution < 1.29 is 20.1 Å². The number of carboxylic acid groups (broad SMARTS) is 1. The maximum Gasteiger partial charge on any atom is 0.307 e. The van der Waals surface area contributed by atoms with Gasteiger partial charge in [-0.25, -0.2) is 0 Å². The zero-order chi connectivity index (χ0) is 13.7. The van der Waals surface area contributed by atoms with E-state index < -0.39 is 18.2 Å². The van der Waals surface area contributed by atoms with Crippen molar-refractivity contribution in [3.63, 3.8) is 0 Å². The third kappa shape index (κ3) is 3.96. The van der Waals surface area contributed by atoms with Crippen LogP contribution in [0.5, 0.6) is 0 Å². The van der Waals surface area contributed by atoms with E-state index in [-0.39, 0.29) is 13.0 Å². The Labute approximate surface area is 110 Å². The molecule has 0 saturated heterocycles. The van der Waals surface area contributed by atoms with Crippen molar-refractivity contribution in [2.75, 3.05) is 13.6 Å². The monoisotopic (exact) mass is 273 g/mol. The molecule has 0 aliphatic carbocycles. The van der Waals surface area contributed by atoms with Crippen molar-refractivity contribution in [1.29, 1.82) is 0 Å². The van der Waals surface area contributed by atoms with Gasteiger partial charge in [-0.1, -0.05) is 17.7 Å². The van der Waals surface area contributed by atoms with Crippen LogP contribution in [0.1, 0.15) is 17.2 Å². The van der Waals surface area contributed by atoms with E-state index in [2.05, 4.69) is 5.32 Å². The summed E-state index contributed by atoms with van der Waals surface area (Å²) in [6, 6.07) is 4.57. The number of nitrogens with one attached hydrogen (secondary N) is 1. The molecule has 6 heteroatoms. The van der Waals surface area contributed by atoms with Crippen molar-refractivity contribution in [2.45, 2.75) is 18.6 Å². The predicted octanol–water partition coefficient (Wildman–Crippen LogP) is 0.581. The Morgan fingerprint density at radius 2 is 2.11 bits per heavy atom. The zero-order valence-electron chi connectivity index (χ0n) is 9.93. The van der Waals surface area contributed by atoms with Crippen molar-refractivity contribution in [3.8, 4) is 0 Å². The van der Waals surface area contributed by atoms with E-state index in [9.17, 15) is 15.0 Å². The van der Waals surface area contributed by atoms with Crippen LogP contribution in [0, 0.1) is 0 Å². The minimum atomic E-state index is -1.18. The first-order valence-electron chi connectivity index (χ1n) is 5.46. The van der Waals surface area contributed by atoms with Crippen LogP contribution in [-0.4, -0.2) is 41.0 Å². The van der Waals surface area contributed by atoms with Crippen molar-refractivity contribution in [3.05, 3.63) is 34.3 Å². The first-order chi connectivity index (χ1) is 8.45. The van der Waals surface area contributed by atoms with E-state index in [1.807, 2.05) is 0 Å². The lowest BCUT2D eigenvalue weighted by atomic mass is 9.96. The molecule has 2 unspecified atom stereocenters. The van der Waals surface area contributed by atoms with Gasteiger partial charge in [0, 0.05) is 11.6 Å². The Kier molecular flexibility index (Phi) is 5.55. The highest BCUT2D eigenvalue weighted by molar-refractivity contribution is 6.30.